The molecule has 2 aliphatic carbocycles. The van der Waals surface area contributed by atoms with Gasteiger partial charge in [-0.1, -0.05) is 40.5 Å². The van der Waals surface area contributed by atoms with Gasteiger partial charge in [-0.2, -0.15) is 12.2 Å². The topological polar surface area (TPSA) is 0 Å². The fourth-order valence-electron chi connectivity index (χ4n) is 2.06. The van der Waals surface area contributed by atoms with Gasteiger partial charge in [0.1, 0.15) is 0 Å². The fraction of sp³-hybridized carbons (Fsp3) is 0.556. The van der Waals surface area contributed by atoms with Crippen LogP contribution in [0.25, 0.3) is 0 Å². The maximum Gasteiger partial charge on any atom is 2.00 e. The second-order valence-corrected chi connectivity index (χ2v) is 5.81. The number of hydrogen-bond donors (Lipinski definition) is 0. The van der Waals surface area contributed by atoms with E-state index in [1.807, 2.05) is 0 Å². The zero-order chi connectivity index (χ0) is 13.4. The van der Waals surface area contributed by atoms with E-state index in [0.29, 0.717) is 0 Å². The van der Waals surface area contributed by atoms with Crippen molar-refractivity contribution in [2.75, 3.05) is 0 Å². The van der Waals surface area contributed by atoms with Gasteiger partial charge in [-0.25, -0.2) is 23.3 Å². The van der Waals surface area contributed by atoms with Gasteiger partial charge in [-0.3, -0.25) is 21.6 Å². The Hall–Kier alpha value is -0.297. The molecule has 0 aliphatic heterocycles. The van der Waals surface area contributed by atoms with Crippen molar-refractivity contribution >= 4 is 0 Å². The molecule has 0 bridgehead atoms. The molecule has 0 aromatic rings. The molecule has 0 unspecified atom stereocenters. The summed E-state index contributed by atoms with van der Waals surface area (Å²) in [5, 5.41) is 0. The normalized spacial score (nSPS) is 14.6. The number of allylic oxidation sites excluding steroid dienone is 8. The van der Waals surface area contributed by atoms with Gasteiger partial charge in [0, 0.05) is 0 Å². The van der Waals surface area contributed by atoms with Crippen LogP contribution < -0.4 is 0 Å². The van der Waals surface area contributed by atoms with Gasteiger partial charge in [0.15, 0.2) is 0 Å². The van der Waals surface area contributed by atoms with E-state index in [0.717, 1.165) is 24.7 Å². The molecule has 0 atom stereocenters. The molecule has 0 nitrogen and oxygen atoms in total. The van der Waals surface area contributed by atoms with Crippen LogP contribution in [0.1, 0.15) is 53.4 Å². The molecule has 0 N–H and O–H groups in total. The van der Waals surface area contributed by atoms with Gasteiger partial charge < -0.3 is 0 Å². The third-order valence-electron chi connectivity index (χ3n) is 2.79. The molecule has 118 valence electrons. The van der Waals surface area contributed by atoms with Gasteiger partial charge >= 0.3 is 26.2 Å². The Balaban J connectivity index is -0.000000270. The van der Waals surface area contributed by atoms with Crippen LogP contribution in [0.2, 0.25) is 0 Å². The first kappa shape index (κ1) is 25.6. The molecule has 2 aliphatic rings. The number of hydrogen-bond acceptors (Lipinski definition) is 0. The Bertz CT molecular complexity index is 327. The summed E-state index contributed by atoms with van der Waals surface area (Å²) in [6.45, 7) is 8.95. The van der Waals surface area contributed by atoms with Crippen LogP contribution in [-0.4, -0.2) is 0 Å². The Kier molecular flexibility index (Phi) is 17.9. The molecule has 0 fully saturated rings. The van der Waals surface area contributed by atoms with Gasteiger partial charge in [-0.05, 0) is 11.8 Å². The maximum atomic E-state index is 3.29. The van der Waals surface area contributed by atoms with Crippen molar-refractivity contribution in [3.05, 3.63) is 47.6 Å². The molecule has 0 radical (unpaired) electrons. The predicted octanol–water partition coefficient (Wildman–Crippen LogP) is 5.75. The van der Waals surface area contributed by atoms with E-state index in [-0.39, 0.29) is 35.6 Å². The van der Waals surface area contributed by atoms with Crippen LogP contribution in [0.4, 0.5) is 9.41 Å². The monoisotopic (exact) mass is 372 g/mol. The summed E-state index contributed by atoms with van der Waals surface area (Å²) in [5.74, 6) is 1.55. The van der Waals surface area contributed by atoms with Crippen molar-refractivity contribution in [3.63, 3.8) is 0 Å². The fourth-order valence-corrected chi connectivity index (χ4v) is 2.06. The summed E-state index contributed by atoms with van der Waals surface area (Å²) >= 11 is 0. The molecule has 0 saturated carbocycles. The van der Waals surface area contributed by atoms with E-state index in [1.54, 1.807) is 0 Å². The van der Waals surface area contributed by atoms with Crippen molar-refractivity contribution in [1.29, 1.82) is 0 Å². The van der Waals surface area contributed by atoms with E-state index in [1.165, 1.54) is 24.0 Å². The number of halogens is 2. The van der Waals surface area contributed by atoms with Gasteiger partial charge in [-0.15, -0.1) is 12.8 Å². The Morgan fingerprint density at radius 1 is 0.810 bits per heavy atom. The Morgan fingerprint density at radius 2 is 1.14 bits per heavy atom. The summed E-state index contributed by atoms with van der Waals surface area (Å²) in [4.78, 5) is 0. The van der Waals surface area contributed by atoms with E-state index in [2.05, 4.69) is 64.2 Å². The van der Waals surface area contributed by atoms with E-state index >= 15 is 0 Å². The third kappa shape index (κ3) is 13.1. The largest absolute Gasteiger partial charge is 2.00 e. The van der Waals surface area contributed by atoms with Crippen molar-refractivity contribution in [3.8, 4) is 0 Å². The predicted molar refractivity (Wildman–Crippen MR) is 84.9 cm³/mol. The summed E-state index contributed by atoms with van der Waals surface area (Å²) in [6.07, 6.45) is 19.7. The Labute approximate surface area is 148 Å². The van der Waals surface area contributed by atoms with Crippen LogP contribution in [0, 0.1) is 24.0 Å². The van der Waals surface area contributed by atoms with Crippen molar-refractivity contribution in [2.45, 2.75) is 53.4 Å². The molecule has 21 heavy (non-hydrogen) atoms. The van der Waals surface area contributed by atoms with E-state index in [4.69, 9.17) is 0 Å². The van der Waals surface area contributed by atoms with E-state index in [9.17, 15) is 0 Å². The summed E-state index contributed by atoms with van der Waals surface area (Å²) in [7, 11) is 0. The average molecular weight is 374 g/mol. The van der Waals surface area contributed by atoms with Crippen molar-refractivity contribution in [1.82, 2.24) is 0 Å². The smallest absolute Gasteiger partial charge is 0.269 e. The van der Waals surface area contributed by atoms with Gasteiger partial charge in [0.25, 0.3) is 0 Å². The maximum absolute atomic E-state index is 3.29. The molecule has 0 aromatic carbocycles. The standard InChI is InChI=1S/2C9H13.2FH.Zr/c2*1-8(2)7-9-5-3-4-6-9;;;/h2*3,5,8H,4,7H2,1-2H3;2*1H;/q2*-1;;;+2. The SMILES string of the molecule is CC(C)CC1=[C-]CC=C1.CC(C)CC1=[C-]CC=C1.F.F.[Zr+2]. The van der Waals surface area contributed by atoms with Crippen molar-refractivity contribution in [2.24, 2.45) is 11.8 Å². The molecule has 0 aromatic heterocycles. The third-order valence-corrected chi connectivity index (χ3v) is 2.79. The zero-order valence-corrected chi connectivity index (χ0v) is 16.1. The summed E-state index contributed by atoms with van der Waals surface area (Å²) in [5.41, 5.74) is 2.79. The molecule has 0 spiro atoms. The molecular formula is C18H28F2Zr. The van der Waals surface area contributed by atoms with Crippen LogP contribution in [0.5, 0.6) is 0 Å². The minimum Gasteiger partial charge on any atom is -0.269 e. The second kappa shape index (κ2) is 14.6. The molecule has 0 saturated heterocycles. The minimum atomic E-state index is 0. The Morgan fingerprint density at radius 3 is 1.33 bits per heavy atom. The molecule has 2 rings (SSSR count). The molecule has 3 heteroatoms. The van der Waals surface area contributed by atoms with Crippen molar-refractivity contribution < 1.29 is 35.6 Å². The molecule has 0 amide bonds. The van der Waals surface area contributed by atoms with E-state index < -0.39 is 0 Å². The van der Waals surface area contributed by atoms with Crippen LogP contribution in [0.15, 0.2) is 35.5 Å². The first-order valence-electron chi connectivity index (χ1n) is 7.10. The number of rotatable bonds is 4. The van der Waals surface area contributed by atoms with Crippen LogP contribution in [0.3, 0.4) is 0 Å². The average Bonchev–Trinajstić information content (AvgIpc) is 2.90. The first-order chi connectivity index (χ1) is 8.58. The quantitative estimate of drug-likeness (QED) is 0.551. The minimum absolute atomic E-state index is 0. The van der Waals surface area contributed by atoms with Gasteiger partial charge in [0.05, 0.1) is 0 Å². The van der Waals surface area contributed by atoms with Gasteiger partial charge in [0.2, 0.25) is 0 Å². The first-order valence-corrected chi connectivity index (χ1v) is 7.10. The van der Waals surface area contributed by atoms with Crippen LogP contribution in [-0.2, 0) is 26.2 Å². The molecule has 0 heterocycles. The second-order valence-electron chi connectivity index (χ2n) is 5.81. The zero-order valence-electron chi connectivity index (χ0n) is 13.6. The summed E-state index contributed by atoms with van der Waals surface area (Å²) in [6, 6.07) is 0. The molecular weight excluding hydrogens is 345 g/mol. The van der Waals surface area contributed by atoms with Crippen LogP contribution >= 0.6 is 0 Å². The summed E-state index contributed by atoms with van der Waals surface area (Å²) < 4.78 is 0.